The van der Waals surface area contributed by atoms with Crippen molar-refractivity contribution in [1.29, 1.82) is 0 Å². The van der Waals surface area contributed by atoms with E-state index >= 15 is 0 Å². The first-order valence-corrected chi connectivity index (χ1v) is 8.08. The van der Waals surface area contributed by atoms with Gasteiger partial charge in [0, 0.05) is 19.3 Å². The summed E-state index contributed by atoms with van der Waals surface area (Å²) in [5.41, 5.74) is 0. The van der Waals surface area contributed by atoms with Crippen LogP contribution in [0.5, 0.6) is 0 Å². The summed E-state index contributed by atoms with van der Waals surface area (Å²) in [6.07, 6.45) is 2.63. The third-order valence-electron chi connectivity index (χ3n) is 3.03. The first-order chi connectivity index (χ1) is 8.27. The maximum absolute atomic E-state index is 13.1. The molecule has 0 N–H and O–H groups in total. The molecule has 106 valence electrons. The molecule has 1 aliphatic heterocycles. The van der Waals surface area contributed by atoms with Gasteiger partial charge >= 0.3 is 7.60 Å². The van der Waals surface area contributed by atoms with Crippen molar-refractivity contribution in [3.05, 3.63) is 5.21 Å². The van der Waals surface area contributed by atoms with Crippen LogP contribution < -0.4 is 0 Å². The number of nitrogens with zero attached hydrogens (tertiary/aromatic N) is 1. The van der Waals surface area contributed by atoms with Crippen molar-refractivity contribution in [2.75, 3.05) is 0 Å². The maximum atomic E-state index is 13.1. The molecule has 18 heavy (non-hydrogen) atoms. The first-order valence-electron chi connectivity index (χ1n) is 6.54. The fraction of sp³-hybridized carbons (Fsp3) is 0.917. The Hall–Kier alpha value is -0.380. The fourth-order valence-corrected chi connectivity index (χ4v) is 4.92. The highest BCUT2D eigenvalue weighted by Crippen LogP contribution is 2.65. The Morgan fingerprint density at radius 2 is 1.83 bits per heavy atom. The molecule has 1 heterocycles. The van der Waals surface area contributed by atoms with Crippen molar-refractivity contribution in [1.82, 2.24) is 0 Å². The van der Waals surface area contributed by atoms with Gasteiger partial charge in [0.15, 0.2) is 6.21 Å². The highest BCUT2D eigenvalue weighted by Gasteiger charge is 2.60. The molecule has 1 atom stereocenters. The van der Waals surface area contributed by atoms with Gasteiger partial charge in [-0.1, -0.05) is 6.92 Å². The third kappa shape index (κ3) is 2.79. The zero-order valence-corrected chi connectivity index (χ0v) is 12.8. The van der Waals surface area contributed by atoms with Gasteiger partial charge in [0.2, 0.25) is 0 Å². The molecule has 0 fully saturated rings. The molecule has 6 heteroatoms. The summed E-state index contributed by atoms with van der Waals surface area (Å²) in [4.78, 5) is 0. The monoisotopic (exact) mass is 277 g/mol. The van der Waals surface area contributed by atoms with Crippen LogP contribution in [0.3, 0.4) is 0 Å². The van der Waals surface area contributed by atoms with E-state index in [9.17, 15) is 9.77 Å². The van der Waals surface area contributed by atoms with Crippen LogP contribution in [0.1, 0.15) is 53.9 Å². The van der Waals surface area contributed by atoms with Crippen LogP contribution in [0.25, 0.3) is 0 Å². The van der Waals surface area contributed by atoms with Crippen molar-refractivity contribution >= 4 is 13.8 Å². The second kappa shape index (κ2) is 5.72. The van der Waals surface area contributed by atoms with Crippen LogP contribution >= 0.6 is 7.60 Å². The van der Waals surface area contributed by atoms with Gasteiger partial charge in [-0.2, -0.15) is 4.74 Å². The largest absolute Gasteiger partial charge is 0.623 e. The zero-order valence-electron chi connectivity index (χ0n) is 11.9. The van der Waals surface area contributed by atoms with E-state index in [1.54, 1.807) is 27.7 Å². The van der Waals surface area contributed by atoms with E-state index in [1.165, 1.54) is 6.21 Å². The Balaban J connectivity index is 3.16. The molecular weight excluding hydrogens is 253 g/mol. The highest BCUT2D eigenvalue weighted by molar-refractivity contribution is 7.55. The molecule has 0 saturated carbocycles. The van der Waals surface area contributed by atoms with Gasteiger partial charge in [-0.05, 0) is 27.7 Å². The Kier molecular flexibility index (Phi) is 4.98. The zero-order chi connectivity index (χ0) is 14.0. The Labute approximate surface area is 109 Å². The smallest absolute Gasteiger partial charge is 0.402 e. The molecule has 1 aliphatic rings. The summed E-state index contributed by atoms with van der Waals surface area (Å²) in [7, 11) is -3.48. The minimum atomic E-state index is -3.48. The molecule has 5 nitrogen and oxygen atoms in total. The number of hydrogen-bond acceptors (Lipinski definition) is 4. The molecule has 0 aliphatic carbocycles. The van der Waals surface area contributed by atoms with Crippen molar-refractivity contribution in [3.8, 4) is 0 Å². The lowest BCUT2D eigenvalue weighted by molar-refractivity contribution is -0.512. The van der Waals surface area contributed by atoms with Gasteiger partial charge in [-0.25, -0.2) is 0 Å². The lowest BCUT2D eigenvalue weighted by Crippen LogP contribution is -2.38. The molecule has 0 aromatic rings. The van der Waals surface area contributed by atoms with Crippen LogP contribution in [-0.2, 0) is 13.6 Å². The fourth-order valence-electron chi connectivity index (χ4n) is 2.25. The Morgan fingerprint density at radius 3 is 2.11 bits per heavy atom. The van der Waals surface area contributed by atoms with Crippen molar-refractivity contribution in [3.63, 3.8) is 0 Å². The SMILES string of the molecule is CCC1(P(=O)(OC(C)C)OC(C)C)CCC=[N+]1[O-]. The van der Waals surface area contributed by atoms with Gasteiger partial charge in [0.1, 0.15) is 0 Å². The van der Waals surface area contributed by atoms with Crippen molar-refractivity contribution in [2.45, 2.75) is 71.4 Å². The number of hydrogen-bond donors (Lipinski definition) is 0. The first kappa shape index (κ1) is 15.7. The van der Waals surface area contributed by atoms with Crippen LogP contribution in [0.2, 0.25) is 0 Å². The molecule has 0 saturated heterocycles. The molecule has 0 aromatic heterocycles. The van der Waals surface area contributed by atoms with Gasteiger partial charge in [0.05, 0.1) is 12.2 Å². The summed E-state index contributed by atoms with van der Waals surface area (Å²) >= 11 is 0. The molecule has 0 amide bonds. The van der Waals surface area contributed by atoms with Crippen LogP contribution in [0.4, 0.5) is 0 Å². The average Bonchev–Trinajstić information content (AvgIpc) is 2.58. The molecule has 1 unspecified atom stereocenters. The Bertz CT molecular complexity index is 353. The number of rotatable bonds is 6. The molecule has 0 aromatic carbocycles. The second-order valence-corrected chi connectivity index (χ2v) is 7.44. The molecule has 1 rings (SSSR count). The molecule has 0 bridgehead atoms. The third-order valence-corrected chi connectivity index (χ3v) is 6.18. The lowest BCUT2D eigenvalue weighted by atomic mass is 10.1. The topological polar surface area (TPSA) is 61.6 Å². The van der Waals surface area contributed by atoms with E-state index in [4.69, 9.17) is 9.05 Å². The van der Waals surface area contributed by atoms with Crippen LogP contribution in [-0.4, -0.2) is 28.4 Å². The van der Waals surface area contributed by atoms with Gasteiger partial charge in [-0.15, -0.1) is 0 Å². The lowest BCUT2D eigenvalue weighted by Gasteiger charge is -2.35. The average molecular weight is 277 g/mol. The van der Waals surface area contributed by atoms with Crippen molar-refractivity contribution in [2.24, 2.45) is 0 Å². The summed E-state index contributed by atoms with van der Waals surface area (Å²) in [6.45, 7) is 9.05. The summed E-state index contributed by atoms with van der Waals surface area (Å²) < 4.78 is 25.0. The summed E-state index contributed by atoms with van der Waals surface area (Å²) in [5.74, 6) is 0. The van der Waals surface area contributed by atoms with E-state index in [0.29, 0.717) is 19.3 Å². The van der Waals surface area contributed by atoms with Gasteiger partial charge in [0.25, 0.3) is 5.28 Å². The predicted octanol–water partition coefficient (Wildman–Crippen LogP) is 3.51. The van der Waals surface area contributed by atoms with E-state index in [1.807, 2.05) is 6.92 Å². The quantitative estimate of drug-likeness (QED) is 0.423. The summed E-state index contributed by atoms with van der Waals surface area (Å²) in [6, 6.07) is 0. The standard InChI is InChI=1S/C12H24NO4P/c1-6-12(8-7-9-13(12)14)18(15,16-10(2)3)17-11(4)5/h9-11H,6-8H2,1-5H3. The van der Waals surface area contributed by atoms with E-state index in [2.05, 4.69) is 0 Å². The molecule has 0 radical (unpaired) electrons. The molecule has 0 spiro atoms. The number of hydroxylamine groups is 1. The highest BCUT2D eigenvalue weighted by atomic mass is 31.2. The predicted molar refractivity (Wildman–Crippen MR) is 72.0 cm³/mol. The van der Waals surface area contributed by atoms with Crippen LogP contribution in [0, 0.1) is 5.21 Å². The Morgan fingerprint density at radius 1 is 1.33 bits per heavy atom. The van der Waals surface area contributed by atoms with E-state index in [0.717, 1.165) is 4.74 Å². The van der Waals surface area contributed by atoms with Gasteiger partial charge in [-0.3, -0.25) is 4.57 Å². The summed E-state index contributed by atoms with van der Waals surface area (Å²) in [5, 5.41) is 11.0. The minimum Gasteiger partial charge on any atom is -0.623 e. The van der Waals surface area contributed by atoms with Crippen LogP contribution in [0.15, 0.2) is 0 Å². The molecular formula is C12H24NO4P. The minimum absolute atomic E-state index is 0.244. The normalized spacial score (nSPS) is 24.9. The van der Waals surface area contributed by atoms with Gasteiger partial charge < -0.3 is 14.3 Å². The maximum Gasteiger partial charge on any atom is 0.402 e. The second-order valence-electron chi connectivity index (χ2n) is 5.19. The van der Waals surface area contributed by atoms with E-state index in [-0.39, 0.29) is 12.2 Å². The van der Waals surface area contributed by atoms with Crippen molar-refractivity contribution < 1.29 is 18.4 Å². The van der Waals surface area contributed by atoms with E-state index < -0.39 is 12.9 Å².